The van der Waals surface area contributed by atoms with Crippen molar-refractivity contribution in [1.29, 1.82) is 0 Å². The maximum atomic E-state index is 4.58. The number of hydrogen-bond donors (Lipinski definition) is 1. The largest absolute Gasteiger partial charge is 0.310 e. The van der Waals surface area contributed by atoms with E-state index in [2.05, 4.69) is 60.7 Å². The van der Waals surface area contributed by atoms with Crippen LogP contribution >= 0.6 is 23.1 Å². The number of aryl methyl sites for hydroxylation is 1. The molecule has 0 fully saturated rings. The highest BCUT2D eigenvalue weighted by Crippen LogP contribution is 2.24. The van der Waals surface area contributed by atoms with Crippen LogP contribution in [0.2, 0.25) is 0 Å². The topological polar surface area (TPSA) is 24.9 Å². The van der Waals surface area contributed by atoms with Crippen LogP contribution in [-0.4, -0.2) is 17.3 Å². The summed E-state index contributed by atoms with van der Waals surface area (Å²) < 4.78 is 0. The minimum atomic E-state index is 0.353. The summed E-state index contributed by atoms with van der Waals surface area (Å²) in [6, 6.07) is 9.28. The molecule has 1 heterocycles. The zero-order valence-corrected chi connectivity index (χ0v) is 14.0. The standard InChI is InChI=1S/C16H22N2S2/c1-4-17-15(10-16-18-12(3)11-20-16)13-6-8-14(9-7-13)19-5-2/h6-9,11,15,17H,4-5,10H2,1-3H3. The fourth-order valence-electron chi connectivity index (χ4n) is 2.19. The zero-order chi connectivity index (χ0) is 14.4. The molecule has 0 bridgehead atoms. The van der Waals surface area contributed by atoms with Crippen molar-refractivity contribution in [1.82, 2.24) is 10.3 Å². The molecule has 0 aliphatic carbocycles. The van der Waals surface area contributed by atoms with E-state index in [1.165, 1.54) is 15.5 Å². The molecule has 2 nitrogen and oxygen atoms in total. The number of nitrogens with zero attached hydrogens (tertiary/aromatic N) is 1. The Morgan fingerprint density at radius 3 is 2.55 bits per heavy atom. The Bertz CT molecular complexity index is 520. The monoisotopic (exact) mass is 306 g/mol. The normalized spacial score (nSPS) is 12.6. The second kappa shape index (κ2) is 7.81. The SMILES string of the molecule is CCNC(Cc1nc(C)cs1)c1ccc(SCC)cc1. The fraction of sp³-hybridized carbons (Fsp3) is 0.438. The molecule has 1 atom stereocenters. The molecule has 0 radical (unpaired) electrons. The molecule has 20 heavy (non-hydrogen) atoms. The highest BCUT2D eigenvalue weighted by atomic mass is 32.2. The second-order valence-corrected chi connectivity index (χ2v) is 6.98. The van der Waals surface area contributed by atoms with Crippen molar-refractivity contribution in [3.8, 4) is 0 Å². The lowest BCUT2D eigenvalue weighted by molar-refractivity contribution is 0.548. The molecule has 1 aromatic carbocycles. The van der Waals surface area contributed by atoms with E-state index < -0.39 is 0 Å². The summed E-state index contributed by atoms with van der Waals surface area (Å²) in [7, 11) is 0. The maximum Gasteiger partial charge on any atom is 0.0947 e. The summed E-state index contributed by atoms with van der Waals surface area (Å²) >= 11 is 3.64. The van der Waals surface area contributed by atoms with Crippen LogP contribution in [0.25, 0.3) is 0 Å². The molecule has 0 saturated carbocycles. The van der Waals surface area contributed by atoms with Crippen LogP contribution in [0, 0.1) is 6.92 Å². The summed E-state index contributed by atoms with van der Waals surface area (Å²) in [6.07, 6.45) is 0.965. The van der Waals surface area contributed by atoms with Gasteiger partial charge in [0.25, 0.3) is 0 Å². The Kier molecular flexibility index (Phi) is 6.07. The van der Waals surface area contributed by atoms with E-state index in [0.29, 0.717) is 6.04 Å². The third-order valence-corrected chi connectivity index (χ3v) is 4.97. The molecule has 0 saturated heterocycles. The van der Waals surface area contributed by atoms with E-state index >= 15 is 0 Å². The smallest absolute Gasteiger partial charge is 0.0947 e. The molecule has 0 aliphatic heterocycles. The van der Waals surface area contributed by atoms with E-state index in [9.17, 15) is 0 Å². The van der Waals surface area contributed by atoms with Gasteiger partial charge >= 0.3 is 0 Å². The number of aromatic nitrogens is 1. The van der Waals surface area contributed by atoms with Gasteiger partial charge < -0.3 is 5.32 Å². The summed E-state index contributed by atoms with van der Waals surface area (Å²) in [5, 5.41) is 6.90. The number of benzene rings is 1. The van der Waals surface area contributed by atoms with E-state index in [4.69, 9.17) is 0 Å². The lowest BCUT2D eigenvalue weighted by Gasteiger charge is -2.17. The molecule has 108 valence electrons. The van der Waals surface area contributed by atoms with Gasteiger partial charge in [-0.3, -0.25) is 0 Å². The Balaban J connectivity index is 2.10. The van der Waals surface area contributed by atoms with Crippen LogP contribution in [0.3, 0.4) is 0 Å². The number of rotatable bonds is 7. The molecule has 2 aromatic rings. The van der Waals surface area contributed by atoms with Gasteiger partial charge in [0.05, 0.1) is 5.01 Å². The molecule has 4 heteroatoms. The van der Waals surface area contributed by atoms with Gasteiger partial charge in [-0.15, -0.1) is 23.1 Å². The predicted molar refractivity (Wildman–Crippen MR) is 89.8 cm³/mol. The molecule has 0 amide bonds. The van der Waals surface area contributed by atoms with Crippen molar-refractivity contribution in [3.63, 3.8) is 0 Å². The molecular weight excluding hydrogens is 284 g/mol. The third kappa shape index (κ3) is 4.33. The minimum absolute atomic E-state index is 0.353. The summed E-state index contributed by atoms with van der Waals surface area (Å²) in [4.78, 5) is 5.92. The van der Waals surface area contributed by atoms with Gasteiger partial charge in [0.15, 0.2) is 0 Å². The van der Waals surface area contributed by atoms with Crippen LogP contribution in [-0.2, 0) is 6.42 Å². The van der Waals surface area contributed by atoms with Crippen molar-refractivity contribution in [2.75, 3.05) is 12.3 Å². The summed E-state index contributed by atoms with van der Waals surface area (Å²) in [5.74, 6) is 1.12. The first-order valence-corrected chi connectivity index (χ1v) is 8.96. The van der Waals surface area contributed by atoms with E-state index in [1.807, 2.05) is 11.8 Å². The van der Waals surface area contributed by atoms with Crippen molar-refractivity contribution in [2.24, 2.45) is 0 Å². The van der Waals surface area contributed by atoms with Gasteiger partial charge in [0.2, 0.25) is 0 Å². The average molecular weight is 307 g/mol. The Morgan fingerprint density at radius 2 is 2.00 bits per heavy atom. The fourth-order valence-corrected chi connectivity index (χ4v) is 3.67. The average Bonchev–Trinajstić information content (AvgIpc) is 2.85. The molecule has 1 aromatic heterocycles. The summed E-state index contributed by atoms with van der Waals surface area (Å²) in [6.45, 7) is 7.37. The van der Waals surface area contributed by atoms with Crippen molar-refractivity contribution in [3.05, 3.63) is 45.9 Å². The highest BCUT2D eigenvalue weighted by Gasteiger charge is 2.13. The number of thioether (sulfide) groups is 1. The van der Waals surface area contributed by atoms with Gasteiger partial charge in [-0.1, -0.05) is 26.0 Å². The highest BCUT2D eigenvalue weighted by molar-refractivity contribution is 7.99. The van der Waals surface area contributed by atoms with Crippen LogP contribution in [0.15, 0.2) is 34.5 Å². The molecule has 1 unspecified atom stereocenters. The lowest BCUT2D eigenvalue weighted by atomic mass is 10.0. The first-order chi connectivity index (χ1) is 9.72. The number of nitrogens with one attached hydrogen (secondary N) is 1. The number of thiazole rings is 1. The zero-order valence-electron chi connectivity index (χ0n) is 12.3. The van der Waals surface area contributed by atoms with Crippen LogP contribution in [0.5, 0.6) is 0 Å². The Hall–Kier alpha value is -0.840. The molecule has 0 aliphatic rings. The number of likely N-dealkylation sites (N-methyl/N-ethyl adjacent to an activating group) is 1. The van der Waals surface area contributed by atoms with Crippen molar-refractivity contribution >= 4 is 23.1 Å². The minimum Gasteiger partial charge on any atom is -0.310 e. The molecule has 0 spiro atoms. The summed E-state index contributed by atoms with van der Waals surface area (Å²) in [5.41, 5.74) is 2.47. The van der Waals surface area contributed by atoms with E-state index in [1.54, 1.807) is 11.3 Å². The lowest BCUT2D eigenvalue weighted by Crippen LogP contribution is -2.22. The first-order valence-electron chi connectivity index (χ1n) is 7.10. The molecule has 1 N–H and O–H groups in total. The third-order valence-electron chi connectivity index (χ3n) is 3.09. The Labute approximate surface area is 130 Å². The molecule has 2 rings (SSSR count). The first kappa shape index (κ1) is 15.5. The van der Waals surface area contributed by atoms with Crippen molar-refractivity contribution in [2.45, 2.75) is 38.1 Å². The Morgan fingerprint density at radius 1 is 1.25 bits per heavy atom. The van der Waals surface area contributed by atoms with Gasteiger partial charge in [-0.05, 0) is 36.9 Å². The van der Waals surface area contributed by atoms with Gasteiger partial charge in [-0.2, -0.15) is 0 Å². The number of hydrogen-bond acceptors (Lipinski definition) is 4. The molecular formula is C16H22N2S2. The second-order valence-electron chi connectivity index (χ2n) is 4.70. The van der Waals surface area contributed by atoms with Crippen LogP contribution in [0.4, 0.5) is 0 Å². The van der Waals surface area contributed by atoms with Gasteiger partial charge in [0, 0.05) is 28.4 Å². The van der Waals surface area contributed by atoms with Crippen molar-refractivity contribution < 1.29 is 0 Å². The predicted octanol–water partition coefficient (Wildman–Crippen LogP) is 4.46. The maximum absolute atomic E-state index is 4.58. The quantitative estimate of drug-likeness (QED) is 0.765. The van der Waals surface area contributed by atoms with E-state index in [0.717, 1.165) is 24.4 Å². The van der Waals surface area contributed by atoms with Crippen LogP contribution in [0.1, 0.15) is 36.2 Å². The van der Waals surface area contributed by atoms with E-state index in [-0.39, 0.29) is 0 Å². The van der Waals surface area contributed by atoms with Crippen LogP contribution < -0.4 is 5.32 Å². The van der Waals surface area contributed by atoms with Gasteiger partial charge in [0.1, 0.15) is 0 Å². The van der Waals surface area contributed by atoms with Gasteiger partial charge in [-0.25, -0.2) is 4.98 Å².